The Balaban J connectivity index is 1.19. The fourth-order valence-electron chi connectivity index (χ4n) is 3.96. The SMILES string of the molecule is Cc1ccc(NC(=O)CN2C(=O)S/C(=C\c3ccc(OCc4ccc5ccccc5c4)cc3)C2=O)cc1Cl. The molecule has 8 heteroatoms. The number of hydrogen-bond donors (Lipinski definition) is 1. The van der Waals surface area contributed by atoms with E-state index in [4.69, 9.17) is 16.3 Å². The highest BCUT2D eigenvalue weighted by atomic mass is 35.5. The summed E-state index contributed by atoms with van der Waals surface area (Å²) in [5, 5.41) is 5.04. The van der Waals surface area contributed by atoms with Crippen LogP contribution in [0.5, 0.6) is 5.75 Å². The number of carbonyl (C=O) groups is 3. The normalized spacial score (nSPS) is 14.4. The molecule has 5 rings (SSSR count). The number of rotatable bonds is 7. The zero-order valence-electron chi connectivity index (χ0n) is 20.4. The van der Waals surface area contributed by atoms with Gasteiger partial charge >= 0.3 is 0 Å². The summed E-state index contributed by atoms with van der Waals surface area (Å²) in [6, 6.07) is 26.8. The highest BCUT2D eigenvalue weighted by Crippen LogP contribution is 2.32. The Bertz CT molecular complexity index is 1580. The van der Waals surface area contributed by atoms with Gasteiger partial charge in [-0.2, -0.15) is 0 Å². The Hall–Kier alpha value is -4.07. The van der Waals surface area contributed by atoms with Crippen molar-refractivity contribution >= 4 is 63.0 Å². The van der Waals surface area contributed by atoms with Gasteiger partial charge in [0.2, 0.25) is 5.91 Å². The topological polar surface area (TPSA) is 75.7 Å². The minimum Gasteiger partial charge on any atom is -0.489 e. The summed E-state index contributed by atoms with van der Waals surface area (Å²) in [4.78, 5) is 38.9. The third-order valence-electron chi connectivity index (χ3n) is 6.03. The van der Waals surface area contributed by atoms with Crippen molar-refractivity contribution in [2.24, 2.45) is 0 Å². The van der Waals surface area contributed by atoms with Crippen LogP contribution in [0.2, 0.25) is 5.02 Å². The first-order valence-electron chi connectivity index (χ1n) is 11.9. The van der Waals surface area contributed by atoms with E-state index in [1.165, 1.54) is 5.39 Å². The average molecular weight is 543 g/mol. The fourth-order valence-corrected chi connectivity index (χ4v) is 4.98. The Labute approximate surface area is 229 Å². The van der Waals surface area contributed by atoms with Crippen LogP contribution in [-0.4, -0.2) is 28.5 Å². The molecule has 0 bridgehead atoms. The zero-order valence-corrected chi connectivity index (χ0v) is 22.0. The molecule has 0 unspecified atom stereocenters. The van der Waals surface area contributed by atoms with Crippen molar-refractivity contribution in [1.29, 1.82) is 0 Å². The van der Waals surface area contributed by atoms with Crippen molar-refractivity contribution in [2.45, 2.75) is 13.5 Å². The van der Waals surface area contributed by atoms with Crippen LogP contribution in [0.4, 0.5) is 10.5 Å². The lowest BCUT2D eigenvalue weighted by molar-refractivity contribution is -0.127. The van der Waals surface area contributed by atoms with E-state index >= 15 is 0 Å². The molecule has 0 aliphatic carbocycles. The van der Waals surface area contributed by atoms with Crippen LogP contribution in [0.15, 0.2) is 89.8 Å². The summed E-state index contributed by atoms with van der Waals surface area (Å²) in [5.74, 6) is -0.300. The number of aryl methyl sites for hydroxylation is 1. The van der Waals surface area contributed by atoms with Crippen LogP contribution in [0, 0.1) is 6.92 Å². The molecule has 0 atom stereocenters. The second kappa shape index (κ2) is 11.1. The predicted octanol–water partition coefficient (Wildman–Crippen LogP) is 7.06. The van der Waals surface area contributed by atoms with Gasteiger partial charge in [-0.1, -0.05) is 66.2 Å². The molecule has 4 aromatic carbocycles. The molecule has 1 N–H and O–H groups in total. The van der Waals surface area contributed by atoms with E-state index in [0.29, 0.717) is 23.1 Å². The number of hydrogen-bond acceptors (Lipinski definition) is 5. The number of carbonyl (C=O) groups excluding carboxylic acids is 3. The van der Waals surface area contributed by atoms with Crippen molar-refractivity contribution in [2.75, 3.05) is 11.9 Å². The Kier molecular flexibility index (Phi) is 7.49. The van der Waals surface area contributed by atoms with E-state index in [9.17, 15) is 14.4 Å². The summed E-state index contributed by atoms with van der Waals surface area (Å²) < 4.78 is 5.92. The summed E-state index contributed by atoms with van der Waals surface area (Å²) in [6.45, 7) is 1.91. The van der Waals surface area contributed by atoms with E-state index in [0.717, 1.165) is 38.7 Å². The van der Waals surface area contributed by atoms with Crippen molar-refractivity contribution in [3.8, 4) is 5.75 Å². The third kappa shape index (κ3) is 5.90. The standard InChI is InChI=1S/C30H23ClN2O4S/c1-19-6-11-24(16-26(19)31)32-28(34)17-33-29(35)27(38-30(33)36)15-20-8-12-25(13-9-20)37-18-21-7-10-22-4-2-3-5-23(22)14-21/h2-16H,17-18H2,1H3,(H,32,34)/b27-15-. The molecule has 4 aromatic rings. The van der Waals surface area contributed by atoms with Gasteiger partial charge in [0.1, 0.15) is 18.9 Å². The smallest absolute Gasteiger partial charge is 0.294 e. The van der Waals surface area contributed by atoms with Crippen LogP contribution in [0.25, 0.3) is 16.8 Å². The molecule has 1 aliphatic heterocycles. The Morgan fingerprint density at radius 2 is 1.74 bits per heavy atom. The van der Waals surface area contributed by atoms with Gasteiger partial charge in [0.05, 0.1) is 4.91 Å². The van der Waals surface area contributed by atoms with Crippen LogP contribution >= 0.6 is 23.4 Å². The van der Waals surface area contributed by atoms with Crippen molar-refractivity contribution < 1.29 is 19.1 Å². The van der Waals surface area contributed by atoms with E-state index in [-0.39, 0.29) is 11.4 Å². The maximum Gasteiger partial charge on any atom is 0.294 e. The van der Waals surface area contributed by atoms with Crippen molar-refractivity contribution in [3.05, 3.63) is 112 Å². The molecule has 0 radical (unpaired) electrons. The first-order valence-corrected chi connectivity index (χ1v) is 13.1. The van der Waals surface area contributed by atoms with Gasteiger partial charge in [0.25, 0.3) is 11.1 Å². The van der Waals surface area contributed by atoms with Crippen LogP contribution in [-0.2, 0) is 16.2 Å². The molecular formula is C30H23ClN2O4S. The van der Waals surface area contributed by atoms with Gasteiger partial charge in [-0.25, -0.2) is 0 Å². The number of fused-ring (bicyclic) bond motifs is 1. The molecule has 6 nitrogen and oxygen atoms in total. The van der Waals surface area contributed by atoms with Gasteiger partial charge in [-0.3, -0.25) is 19.3 Å². The maximum atomic E-state index is 12.8. The lowest BCUT2D eigenvalue weighted by Gasteiger charge is -2.13. The van der Waals surface area contributed by atoms with Crippen LogP contribution in [0.1, 0.15) is 16.7 Å². The number of imide groups is 1. The molecule has 1 heterocycles. The van der Waals surface area contributed by atoms with Crippen molar-refractivity contribution in [3.63, 3.8) is 0 Å². The van der Waals surface area contributed by atoms with Gasteiger partial charge in [-0.15, -0.1) is 0 Å². The van der Waals surface area contributed by atoms with Crippen molar-refractivity contribution in [1.82, 2.24) is 4.90 Å². The van der Waals surface area contributed by atoms with Gasteiger partial charge in [0, 0.05) is 10.7 Å². The largest absolute Gasteiger partial charge is 0.489 e. The molecular weight excluding hydrogens is 520 g/mol. The summed E-state index contributed by atoms with van der Waals surface area (Å²) in [6.07, 6.45) is 1.63. The second-order valence-electron chi connectivity index (χ2n) is 8.82. The second-order valence-corrected chi connectivity index (χ2v) is 10.2. The van der Waals surface area contributed by atoms with E-state index < -0.39 is 17.1 Å². The molecule has 1 saturated heterocycles. The lowest BCUT2D eigenvalue weighted by Crippen LogP contribution is -2.36. The highest BCUT2D eigenvalue weighted by molar-refractivity contribution is 8.18. The molecule has 38 heavy (non-hydrogen) atoms. The monoisotopic (exact) mass is 542 g/mol. The molecule has 0 spiro atoms. The molecule has 1 aliphatic rings. The minimum atomic E-state index is -0.506. The van der Waals surface area contributed by atoms with Gasteiger partial charge in [-0.05, 0) is 82.6 Å². The zero-order chi connectivity index (χ0) is 26.6. The van der Waals surface area contributed by atoms with Crippen LogP contribution in [0.3, 0.4) is 0 Å². The molecule has 190 valence electrons. The number of thioether (sulfide) groups is 1. The maximum absolute atomic E-state index is 12.8. The van der Waals surface area contributed by atoms with E-state index in [2.05, 4.69) is 29.6 Å². The number of halogens is 1. The van der Waals surface area contributed by atoms with E-state index in [1.807, 2.05) is 49.4 Å². The molecule has 1 fully saturated rings. The summed E-state index contributed by atoms with van der Waals surface area (Å²) >= 11 is 6.90. The third-order valence-corrected chi connectivity index (χ3v) is 7.34. The van der Waals surface area contributed by atoms with Gasteiger partial charge in [0.15, 0.2) is 0 Å². The molecule has 3 amide bonds. The Morgan fingerprint density at radius 1 is 0.974 bits per heavy atom. The molecule has 0 saturated carbocycles. The number of anilines is 1. The van der Waals surface area contributed by atoms with Gasteiger partial charge < -0.3 is 10.1 Å². The van der Waals surface area contributed by atoms with E-state index in [1.54, 1.807) is 24.3 Å². The fraction of sp³-hybridized carbons (Fsp3) is 0.100. The highest BCUT2D eigenvalue weighted by Gasteiger charge is 2.36. The predicted molar refractivity (Wildman–Crippen MR) is 152 cm³/mol. The number of amides is 3. The number of nitrogens with zero attached hydrogens (tertiary/aromatic N) is 1. The lowest BCUT2D eigenvalue weighted by atomic mass is 10.1. The first-order chi connectivity index (χ1) is 18.4. The number of benzene rings is 4. The van der Waals surface area contributed by atoms with Crippen LogP contribution < -0.4 is 10.1 Å². The minimum absolute atomic E-state index is 0.256. The molecule has 0 aromatic heterocycles. The Morgan fingerprint density at radius 3 is 2.50 bits per heavy atom. The summed E-state index contributed by atoms with van der Waals surface area (Å²) in [7, 11) is 0. The number of nitrogens with one attached hydrogen (secondary N) is 1. The number of ether oxygens (including phenoxy) is 1. The first kappa shape index (κ1) is 25.6. The quantitative estimate of drug-likeness (QED) is 0.253. The summed E-state index contributed by atoms with van der Waals surface area (Å²) in [5.41, 5.74) is 3.18. The average Bonchev–Trinajstić information content (AvgIpc) is 3.17.